The highest BCUT2D eigenvalue weighted by atomic mass is 16.5. The first-order valence-corrected chi connectivity index (χ1v) is 7.96. The number of benzene rings is 2. The number of nitrogens with zero attached hydrogens (tertiary/aromatic N) is 1. The Kier molecular flexibility index (Phi) is 6.81. The van der Waals surface area contributed by atoms with Crippen LogP contribution in [0.25, 0.3) is 10.8 Å². The van der Waals surface area contributed by atoms with Crippen LogP contribution in [0.3, 0.4) is 0 Å². The Balaban J connectivity index is 2.00. The molecule has 124 valence electrons. The van der Waals surface area contributed by atoms with E-state index in [4.69, 9.17) is 4.74 Å². The third-order valence-electron chi connectivity index (χ3n) is 3.48. The molecule has 0 aliphatic rings. The molecule has 24 heavy (non-hydrogen) atoms. The number of rotatable bonds is 8. The SMILES string of the molecule is CCOCCCNC(=O)/C(C#N)=C\Nc1cccc2ccccc12. The van der Waals surface area contributed by atoms with Crippen LogP contribution in [-0.4, -0.2) is 25.7 Å². The lowest BCUT2D eigenvalue weighted by Gasteiger charge is -2.07. The van der Waals surface area contributed by atoms with E-state index < -0.39 is 0 Å². The predicted molar refractivity (Wildman–Crippen MR) is 95.4 cm³/mol. The van der Waals surface area contributed by atoms with Crippen LogP contribution in [0.4, 0.5) is 5.69 Å². The summed E-state index contributed by atoms with van der Waals surface area (Å²) < 4.78 is 5.21. The van der Waals surface area contributed by atoms with Crippen molar-refractivity contribution in [3.05, 3.63) is 54.2 Å². The van der Waals surface area contributed by atoms with Crippen LogP contribution < -0.4 is 10.6 Å². The van der Waals surface area contributed by atoms with Crippen molar-refractivity contribution in [1.29, 1.82) is 5.26 Å². The molecular formula is C19H21N3O2. The van der Waals surface area contributed by atoms with Crippen LogP contribution in [-0.2, 0) is 9.53 Å². The summed E-state index contributed by atoms with van der Waals surface area (Å²) in [7, 11) is 0. The second kappa shape index (κ2) is 9.33. The van der Waals surface area contributed by atoms with Gasteiger partial charge in [-0.3, -0.25) is 4.79 Å². The van der Waals surface area contributed by atoms with E-state index in [2.05, 4.69) is 10.6 Å². The maximum atomic E-state index is 12.0. The molecule has 2 N–H and O–H groups in total. The summed E-state index contributed by atoms with van der Waals surface area (Å²) in [5.41, 5.74) is 0.893. The van der Waals surface area contributed by atoms with Gasteiger partial charge in [0.1, 0.15) is 11.6 Å². The van der Waals surface area contributed by atoms with Crippen LogP contribution in [0.1, 0.15) is 13.3 Å². The van der Waals surface area contributed by atoms with Gasteiger partial charge in [0.25, 0.3) is 5.91 Å². The fraction of sp³-hybridized carbons (Fsp3) is 0.263. The summed E-state index contributed by atoms with van der Waals surface area (Å²) in [6.45, 7) is 3.66. The molecule has 0 saturated heterocycles. The Bertz CT molecular complexity index is 757. The highest BCUT2D eigenvalue weighted by molar-refractivity contribution is 5.98. The van der Waals surface area contributed by atoms with Crippen LogP contribution in [0.2, 0.25) is 0 Å². The molecule has 2 rings (SSSR count). The summed E-state index contributed by atoms with van der Waals surface area (Å²) >= 11 is 0. The van der Waals surface area contributed by atoms with E-state index in [9.17, 15) is 10.1 Å². The molecule has 0 aromatic heterocycles. The second-order valence-corrected chi connectivity index (χ2v) is 5.15. The predicted octanol–water partition coefficient (Wildman–Crippen LogP) is 3.20. The molecule has 5 nitrogen and oxygen atoms in total. The molecule has 2 aromatic carbocycles. The highest BCUT2D eigenvalue weighted by Gasteiger charge is 2.08. The van der Waals surface area contributed by atoms with Gasteiger partial charge in [0.15, 0.2) is 0 Å². The van der Waals surface area contributed by atoms with Crippen molar-refractivity contribution in [1.82, 2.24) is 5.32 Å². The molecular weight excluding hydrogens is 302 g/mol. The third-order valence-corrected chi connectivity index (χ3v) is 3.48. The first-order valence-electron chi connectivity index (χ1n) is 7.96. The summed E-state index contributed by atoms with van der Waals surface area (Å²) in [6.07, 6.45) is 2.16. The Morgan fingerprint density at radius 1 is 1.25 bits per heavy atom. The molecule has 0 radical (unpaired) electrons. The molecule has 0 atom stereocenters. The highest BCUT2D eigenvalue weighted by Crippen LogP contribution is 2.23. The van der Waals surface area contributed by atoms with E-state index in [0.717, 1.165) is 22.9 Å². The molecule has 0 unspecified atom stereocenters. The summed E-state index contributed by atoms with van der Waals surface area (Å²) in [5, 5.41) is 17.1. The van der Waals surface area contributed by atoms with Gasteiger partial charge in [-0.25, -0.2) is 0 Å². The van der Waals surface area contributed by atoms with E-state index >= 15 is 0 Å². The van der Waals surface area contributed by atoms with Crippen molar-refractivity contribution in [2.75, 3.05) is 25.1 Å². The van der Waals surface area contributed by atoms with Gasteiger partial charge in [0.2, 0.25) is 0 Å². The zero-order chi connectivity index (χ0) is 17.2. The number of amides is 1. The zero-order valence-electron chi connectivity index (χ0n) is 13.7. The standard InChI is InChI=1S/C19H21N3O2/c1-2-24-12-6-11-21-19(23)16(13-20)14-22-18-10-5-8-15-7-3-4-9-17(15)18/h3-5,7-10,14,22H,2,6,11-12H2,1H3,(H,21,23)/b16-14-. The first kappa shape index (κ1) is 17.5. The van der Waals surface area contributed by atoms with Crippen molar-refractivity contribution in [3.8, 4) is 6.07 Å². The minimum absolute atomic E-state index is 0.0411. The maximum Gasteiger partial charge on any atom is 0.263 e. The van der Waals surface area contributed by atoms with E-state index in [1.54, 1.807) is 0 Å². The quantitative estimate of drug-likeness (QED) is 0.444. The minimum Gasteiger partial charge on any atom is -0.382 e. The number of nitriles is 1. The normalized spacial score (nSPS) is 11.1. The Morgan fingerprint density at radius 2 is 2.04 bits per heavy atom. The second-order valence-electron chi connectivity index (χ2n) is 5.15. The molecule has 0 bridgehead atoms. The van der Waals surface area contributed by atoms with Crippen LogP contribution in [0.5, 0.6) is 0 Å². The Hall–Kier alpha value is -2.84. The van der Waals surface area contributed by atoms with Crippen molar-refractivity contribution >= 4 is 22.4 Å². The van der Waals surface area contributed by atoms with Crippen LogP contribution >= 0.6 is 0 Å². The molecule has 0 aliphatic heterocycles. The average molecular weight is 323 g/mol. The number of hydrogen-bond donors (Lipinski definition) is 2. The molecule has 0 saturated carbocycles. The molecule has 0 heterocycles. The average Bonchev–Trinajstić information content (AvgIpc) is 2.62. The van der Waals surface area contributed by atoms with Crippen molar-refractivity contribution in [3.63, 3.8) is 0 Å². The lowest BCUT2D eigenvalue weighted by Crippen LogP contribution is -2.26. The van der Waals surface area contributed by atoms with Gasteiger partial charge in [-0.1, -0.05) is 36.4 Å². The molecule has 0 spiro atoms. The van der Waals surface area contributed by atoms with Crippen molar-refractivity contribution in [2.45, 2.75) is 13.3 Å². The maximum absolute atomic E-state index is 12.0. The molecule has 0 aliphatic carbocycles. The number of carbonyl (C=O) groups is 1. The molecule has 0 fully saturated rings. The molecule has 2 aromatic rings. The van der Waals surface area contributed by atoms with Gasteiger partial charge in [0, 0.05) is 37.0 Å². The van der Waals surface area contributed by atoms with Crippen molar-refractivity contribution < 1.29 is 9.53 Å². The summed E-state index contributed by atoms with van der Waals surface area (Å²) in [4.78, 5) is 12.0. The zero-order valence-corrected chi connectivity index (χ0v) is 13.7. The van der Waals surface area contributed by atoms with Gasteiger partial charge in [-0.15, -0.1) is 0 Å². The number of carbonyl (C=O) groups excluding carboxylic acids is 1. The Morgan fingerprint density at radius 3 is 2.83 bits per heavy atom. The number of fused-ring (bicyclic) bond motifs is 1. The fourth-order valence-corrected chi connectivity index (χ4v) is 2.27. The van der Waals surface area contributed by atoms with Gasteiger partial charge in [-0.05, 0) is 24.8 Å². The number of anilines is 1. The van der Waals surface area contributed by atoms with E-state index in [1.807, 2.05) is 55.5 Å². The van der Waals surface area contributed by atoms with Crippen LogP contribution in [0.15, 0.2) is 54.2 Å². The number of nitrogens with one attached hydrogen (secondary N) is 2. The molecule has 5 heteroatoms. The monoisotopic (exact) mass is 323 g/mol. The smallest absolute Gasteiger partial charge is 0.263 e. The topological polar surface area (TPSA) is 74.1 Å². The van der Waals surface area contributed by atoms with E-state index in [-0.39, 0.29) is 11.5 Å². The van der Waals surface area contributed by atoms with Gasteiger partial charge < -0.3 is 15.4 Å². The summed E-state index contributed by atoms with van der Waals surface area (Å²) in [6, 6.07) is 15.7. The lowest BCUT2D eigenvalue weighted by molar-refractivity contribution is -0.117. The number of ether oxygens (including phenoxy) is 1. The van der Waals surface area contributed by atoms with E-state index in [0.29, 0.717) is 19.8 Å². The number of hydrogen-bond acceptors (Lipinski definition) is 4. The molecule has 1 amide bonds. The van der Waals surface area contributed by atoms with Gasteiger partial charge >= 0.3 is 0 Å². The largest absolute Gasteiger partial charge is 0.382 e. The van der Waals surface area contributed by atoms with Gasteiger partial charge in [-0.2, -0.15) is 5.26 Å². The van der Waals surface area contributed by atoms with Crippen molar-refractivity contribution in [2.24, 2.45) is 0 Å². The van der Waals surface area contributed by atoms with Gasteiger partial charge in [0.05, 0.1) is 0 Å². The third kappa shape index (κ3) is 4.83. The van der Waals surface area contributed by atoms with E-state index in [1.165, 1.54) is 6.20 Å². The minimum atomic E-state index is -0.387. The fourth-order valence-electron chi connectivity index (χ4n) is 2.27. The lowest BCUT2D eigenvalue weighted by atomic mass is 10.1. The van der Waals surface area contributed by atoms with Crippen LogP contribution in [0, 0.1) is 11.3 Å². The Labute approximate surface area is 141 Å². The first-order chi connectivity index (χ1) is 11.8. The summed E-state index contributed by atoms with van der Waals surface area (Å²) in [5.74, 6) is -0.387.